The molecule has 0 amide bonds. The van der Waals surface area contributed by atoms with E-state index in [1.165, 1.54) is 14.8 Å². The van der Waals surface area contributed by atoms with E-state index in [4.69, 9.17) is 4.42 Å². The molecule has 0 unspecified atom stereocenters. The summed E-state index contributed by atoms with van der Waals surface area (Å²) in [5.74, 6) is 1.92. The van der Waals surface area contributed by atoms with E-state index in [2.05, 4.69) is 53.0 Å². The molecule has 16 heavy (non-hydrogen) atoms. The summed E-state index contributed by atoms with van der Waals surface area (Å²) in [4.78, 5) is 0. The predicted octanol–water partition coefficient (Wildman–Crippen LogP) is 4.11. The third-order valence-corrected chi connectivity index (χ3v) is 3.69. The van der Waals surface area contributed by atoms with E-state index in [1.807, 2.05) is 19.1 Å². The summed E-state index contributed by atoms with van der Waals surface area (Å²) < 4.78 is 6.79. The molecule has 1 N–H and O–H groups in total. The largest absolute Gasteiger partial charge is 0.465 e. The monoisotopic (exact) mass is 327 g/mol. The van der Waals surface area contributed by atoms with Crippen molar-refractivity contribution >= 4 is 28.3 Å². The van der Waals surface area contributed by atoms with Gasteiger partial charge >= 0.3 is 0 Å². The van der Waals surface area contributed by atoms with Gasteiger partial charge in [-0.1, -0.05) is 6.07 Å². The van der Waals surface area contributed by atoms with E-state index in [9.17, 15) is 0 Å². The zero-order valence-corrected chi connectivity index (χ0v) is 11.5. The highest BCUT2D eigenvalue weighted by Crippen LogP contribution is 2.21. The zero-order chi connectivity index (χ0) is 11.5. The standard InChI is InChI=1S/C13H14INO/c1-9-6-7-11(16-9)8-15-13-5-3-4-12(14)10(13)2/h3-7,15H,8H2,1-2H3. The SMILES string of the molecule is Cc1ccc(CNc2cccc(I)c2C)o1. The molecule has 1 aromatic heterocycles. The van der Waals surface area contributed by atoms with Crippen molar-refractivity contribution in [1.82, 2.24) is 0 Å². The minimum Gasteiger partial charge on any atom is -0.465 e. The molecule has 0 aliphatic rings. The molecule has 2 rings (SSSR count). The molecular weight excluding hydrogens is 313 g/mol. The second-order valence-electron chi connectivity index (χ2n) is 3.78. The van der Waals surface area contributed by atoms with Crippen molar-refractivity contribution in [2.75, 3.05) is 5.32 Å². The third-order valence-electron chi connectivity index (χ3n) is 2.52. The fourth-order valence-electron chi connectivity index (χ4n) is 1.56. The molecule has 0 aliphatic carbocycles. The predicted molar refractivity (Wildman–Crippen MR) is 74.7 cm³/mol. The van der Waals surface area contributed by atoms with Crippen molar-refractivity contribution in [3.8, 4) is 0 Å². The first kappa shape index (κ1) is 11.5. The summed E-state index contributed by atoms with van der Waals surface area (Å²) in [7, 11) is 0. The van der Waals surface area contributed by atoms with Gasteiger partial charge in [-0.2, -0.15) is 0 Å². The normalized spacial score (nSPS) is 10.4. The third kappa shape index (κ3) is 2.58. The van der Waals surface area contributed by atoms with Gasteiger partial charge in [0.05, 0.1) is 6.54 Å². The molecular formula is C13H14INO. The molecule has 2 nitrogen and oxygen atoms in total. The van der Waals surface area contributed by atoms with Crippen molar-refractivity contribution < 1.29 is 4.42 Å². The van der Waals surface area contributed by atoms with Crippen LogP contribution >= 0.6 is 22.6 Å². The number of furan rings is 1. The maximum atomic E-state index is 5.51. The van der Waals surface area contributed by atoms with Crippen molar-refractivity contribution in [1.29, 1.82) is 0 Å². The second-order valence-corrected chi connectivity index (χ2v) is 4.94. The Labute approximate surface area is 109 Å². The van der Waals surface area contributed by atoms with E-state index < -0.39 is 0 Å². The van der Waals surface area contributed by atoms with Gasteiger partial charge in [0.2, 0.25) is 0 Å². The lowest BCUT2D eigenvalue weighted by molar-refractivity contribution is 0.490. The highest BCUT2D eigenvalue weighted by Gasteiger charge is 2.02. The minimum absolute atomic E-state index is 0.731. The topological polar surface area (TPSA) is 25.2 Å². The fourth-order valence-corrected chi connectivity index (χ4v) is 2.06. The van der Waals surface area contributed by atoms with Crippen LogP contribution in [0.5, 0.6) is 0 Å². The van der Waals surface area contributed by atoms with Crippen LogP contribution in [0.3, 0.4) is 0 Å². The number of nitrogens with one attached hydrogen (secondary N) is 1. The lowest BCUT2D eigenvalue weighted by Crippen LogP contribution is -2.00. The quantitative estimate of drug-likeness (QED) is 0.858. The van der Waals surface area contributed by atoms with Gasteiger partial charge in [0.1, 0.15) is 11.5 Å². The first-order valence-corrected chi connectivity index (χ1v) is 6.29. The molecule has 0 bridgehead atoms. The Hall–Kier alpha value is -0.970. The van der Waals surface area contributed by atoms with Crippen LogP contribution in [-0.2, 0) is 6.54 Å². The number of rotatable bonds is 3. The Morgan fingerprint density at radius 3 is 2.69 bits per heavy atom. The van der Waals surface area contributed by atoms with Crippen molar-refractivity contribution in [3.05, 3.63) is 51.0 Å². The second kappa shape index (κ2) is 4.91. The van der Waals surface area contributed by atoms with E-state index in [0.717, 1.165) is 18.1 Å². The van der Waals surface area contributed by atoms with Crippen LogP contribution in [0.4, 0.5) is 5.69 Å². The smallest absolute Gasteiger partial charge is 0.123 e. The molecule has 0 saturated carbocycles. The van der Waals surface area contributed by atoms with Gasteiger partial charge in [-0.05, 0) is 66.3 Å². The number of aryl methyl sites for hydroxylation is 1. The van der Waals surface area contributed by atoms with E-state index in [-0.39, 0.29) is 0 Å². The summed E-state index contributed by atoms with van der Waals surface area (Å²) in [6.07, 6.45) is 0. The highest BCUT2D eigenvalue weighted by molar-refractivity contribution is 14.1. The molecule has 0 fully saturated rings. The molecule has 84 valence electrons. The highest BCUT2D eigenvalue weighted by atomic mass is 127. The lowest BCUT2D eigenvalue weighted by Gasteiger charge is -2.09. The Balaban J connectivity index is 2.07. The maximum absolute atomic E-state index is 5.51. The van der Waals surface area contributed by atoms with E-state index in [1.54, 1.807) is 0 Å². The Bertz CT molecular complexity index is 490. The molecule has 0 radical (unpaired) electrons. The summed E-state index contributed by atoms with van der Waals surface area (Å²) >= 11 is 2.35. The first-order valence-electron chi connectivity index (χ1n) is 5.21. The molecule has 3 heteroatoms. The first-order chi connectivity index (χ1) is 7.66. The minimum atomic E-state index is 0.731. The Morgan fingerprint density at radius 2 is 2.00 bits per heavy atom. The van der Waals surface area contributed by atoms with Crippen LogP contribution in [0.1, 0.15) is 17.1 Å². The van der Waals surface area contributed by atoms with Gasteiger partial charge in [0.25, 0.3) is 0 Å². The molecule has 0 aliphatic heterocycles. The summed E-state index contributed by atoms with van der Waals surface area (Å²) in [6.45, 7) is 4.81. The van der Waals surface area contributed by atoms with Gasteiger partial charge < -0.3 is 9.73 Å². The number of halogens is 1. The van der Waals surface area contributed by atoms with E-state index >= 15 is 0 Å². The number of hydrogen-bond acceptors (Lipinski definition) is 2. The van der Waals surface area contributed by atoms with Crippen molar-refractivity contribution in [2.45, 2.75) is 20.4 Å². The van der Waals surface area contributed by atoms with Crippen LogP contribution in [0.25, 0.3) is 0 Å². The van der Waals surface area contributed by atoms with Gasteiger partial charge in [0, 0.05) is 9.26 Å². The van der Waals surface area contributed by atoms with Crippen LogP contribution in [0.2, 0.25) is 0 Å². The van der Waals surface area contributed by atoms with Crippen LogP contribution < -0.4 is 5.32 Å². The van der Waals surface area contributed by atoms with E-state index in [0.29, 0.717) is 0 Å². The zero-order valence-electron chi connectivity index (χ0n) is 9.38. The van der Waals surface area contributed by atoms with Crippen LogP contribution in [0.15, 0.2) is 34.7 Å². The van der Waals surface area contributed by atoms with Gasteiger partial charge in [-0.15, -0.1) is 0 Å². The summed E-state index contributed by atoms with van der Waals surface area (Å²) in [6, 6.07) is 10.3. The maximum Gasteiger partial charge on any atom is 0.123 e. The summed E-state index contributed by atoms with van der Waals surface area (Å²) in [5.41, 5.74) is 2.45. The van der Waals surface area contributed by atoms with Gasteiger partial charge in [0.15, 0.2) is 0 Å². The fraction of sp³-hybridized carbons (Fsp3) is 0.231. The van der Waals surface area contributed by atoms with Crippen molar-refractivity contribution in [2.24, 2.45) is 0 Å². The van der Waals surface area contributed by atoms with Gasteiger partial charge in [-0.25, -0.2) is 0 Å². The average Bonchev–Trinajstić information content (AvgIpc) is 2.67. The summed E-state index contributed by atoms with van der Waals surface area (Å²) in [5, 5.41) is 3.38. The Kier molecular flexibility index (Phi) is 3.53. The average molecular weight is 327 g/mol. The lowest BCUT2D eigenvalue weighted by atomic mass is 10.2. The number of benzene rings is 1. The molecule has 1 heterocycles. The Morgan fingerprint density at radius 1 is 1.19 bits per heavy atom. The molecule has 1 aromatic carbocycles. The molecule has 0 spiro atoms. The van der Waals surface area contributed by atoms with Crippen molar-refractivity contribution in [3.63, 3.8) is 0 Å². The number of anilines is 1. The van der Waals surface area contributed by atoms with Crippen LogP contribution in [-0.4, -0.2) is 0 Å². The van der Waals surface area contributed by atoms with Crippen LogP contribution in [0, 0.1) is 17.4 Å². The van der Waals surface area contributed by atoms with Gasteiger partial charge in [-0.3, -0.25) is 0 Å². The molecule has 0 saturated heterocycles. The molecule has 2 aromatic rings. The molecule has 0 atom stereocenters. The number of hydrogen-bond donors (Lipinski definition) is 1.